The van der Waals surface area contributed by atoms with Crippen LogP contribution in [0.25, 0.3) is 11.1 Å². The quantitative estimate of drug-likeness (QED) is 0.683. The lowest BCUT2D eigenvalue weighted by molar-refractivity contribution is 1.14. The molecule has 0 bridgehead atoms. The number of benzene rings is 2. The number of hydrogen-bond acceptors (Lipinski definition) is 0. The molecular formula is C16H18. The molecule has 0 aliphatic carbocycles. The van der Waals surface area contributed by atoms with Gasteiger partial charge in [-0.05, 0) is 42.5 Å². The topological polar surface area (TPSA) is 0 Å². The summed E-state index contributed by atoms with van der Waals surface area (Å²) in [5.41, 5.74) is 6.86. The van der Waals surface area contributed by atoms with E-state index in [0.29, 0.717) is 0 Å². The van der Waals surface area contributed by atoms with E-state index in [4.69, 9.17) is 0 Å². The molecule has 0 saturated carbocycles. The summed E-state index contributed by atoms with van der Waals surface area (Å²) < 4.78 is 0. The Balaban J connectivity index is 2.58. The van der Waals surface area contributed by atoms with Crippen molar-refractivity contribution in [2.75, 3.05) is 0 Å². The summed E-state index contributed by atoms with van der Waals surface area (Å²) in [6, 6.07) is 15.3. The Hall–Kier alpha value is -1.56. The van der Waals surface area contributed by atoms with Gasteiger partial charge >= 0.3 is 0 Å². The van der Waals surface area contributed by atoms with E-state index < -0.39 is 0 Å². The first-order valence-electron chi connectivity index (χ1n) is 5.88. The van der Waals surface area contributed by atoms with Gasteiger partial charge in [-0.25, -0.2) is 0 Å². The summed E-state index contributed by atoms with van der Waals surface area (Å²) in [6.45, 7) is 6.54. The zero-order chi connectivity index (χ0) is 11.5. The Morgan fingerprint density at radius 1 is 0.875 bits per heavy atom. The van der Waals surface area contributed by atoms with Gasteiger partial charge in [-0.15, -0.1) is 0 Å². The Morgan fingerprint density at radius 2 is 1.62 bits per heavy atom. The van der Waals surface area contributed by atoms with E-state index in [-0.39, 0.29) is 0 Å². The third-order valence-corrected chi connectivity index (χ3v) is 3.07. The highest BCUT2D eigenvalue weighted by molar-refractivity contribution is 5.70. The van der Waals surface area contributed by atoms with E-state index in [0.717, 1.165) is 6.42 Å². The minimum Gasteiger partial charge on any atom is -0.0620 e. The zero-order valence-corrected chi connectivity index (χ0v) is 10.2. The highest BCUT2D eigenvalue weighted by atomic mass is 14.1. The van der Waals surface area contributed by atoms with E-state index in [9.17, 15) is 0 Å². The second kappa shape index (κ2) is 4.52. The molecule has 2 aromatic carbocycles. The van der Waals surface area contributed by atoms with Gasteiger partial charge in [-0.3, -0.25) is 0 Å². The molecule has 0 radical (unpaired) electrons. The summed E-state index contributed by atoms with van der Waals surface area (Å²) >= 11 is 0. The molecule has 2 rings (SSSR count). The van der Waals surface area contributed by atoms with Crippen LogP contribution < -0.4 is 0 Å². The Morgan fingerprint density at radius 3 is 2.31 bits per heavy atom. The summed E-state index contributed by atoms with van der Waals surface area (Å²) in [7, 11) is 0. The third-order valence-electron chi connectivity index (χ3n) is 3.07. The minimum atomic E-state index is 1.09. The van der Waals surface area contributed by atoms with Gasteiger partial charge in [0.05, 0.1) is 0 Å². The molecular weight excluding hydrogens is 192 g/mol. The van der Waals surface area contributed by atoms with Gasteiger partial charge in [0, 0.05) is 0 Å². The molecule has 0 atom stereocenters. The van der Waals surface area contributed by atoms with Gasteiger partial charge in [-0.2, -0.15) is 0 Å². The average Bonchev–Trinajstić information content (AvgIpc) is 2.29. The maximum Gasteiger partial charge on any atom is -0.0149 e. The van der Waals surface area contributed by atoms with Crippen LogP contribution in [0, 0.1) is 13.8 Å². The number of aryl methyl sites for hydroxylation is 3. The molecule has 0 N–H and O–H groups in total. The van der Waals surface area contributed by atoms with Gasteiger partial charge in [0.1, 0.15) is 0 Å². The molecule has 16 heavy (non-hydrogen) atoms. The van der Waals surface area contributed by atoms with Crippen molar-refractivity contribution < 1.29 is 0 Å². The normalized spacial score (nSPS) is 10.4. The molecule has 0 spiro atoms. The smallest absolute Gasteiger partial charge is 0.0149 e. The van der Waals surface area contributed by atoms with Crippen LogP contribution in [0.4, 0.5) is 0 Å². The van der Waals surface area contributed by atoms with Crippen LogP contribution in [0.3, 0.4) is 0 Å². The van der Waals surface area contributed by atoms with Gasteiger partial charge < -0.3 is 0 Å². The molecule has 0 amide bonds. The van der Waals surface area contributed by atoms with Crippen molar-refractivity contribution in [1.82, 2.24) is 0 Å². The number of hydrogen-bond donors (Lipinski definition) is 0. The largest absolute Gasteiger partial charge is 0.0620 e. The summed E-state index contributed by atoms with van der Waals surface area (Å²) in [4.78, 5) is 0. The van der Waals surface area contributed by atoms with Crippen molar-refractivity contribution in [3.63, 3.8) is 0 Å². The molecule has 0 heterocycles. The van der Waals surface area contributed by atoms with Crippen molar-refractivity contribution in [1.29, 1.82) is 0 Å². The van der Waals surface area contributed by atoms with Crippen LogP contribution in [0.1, 0.15) is 23.6 Å². The predicted molar refractivity (Wildman–Crippen MR) is 70.7 cm³/mol. The standard InChI is InChI=1S/C16H18/c1-4-14-7-5-6-8-16(14)15-10-9-12(2)11-13(15)3/h5-11H,4H2,1-3H3. The van der Waals surface area contributed by atoms with E-state index in [1.807, 2.05) is 0 Å². The summed E-state index contributed by atoms with van der Waals surface area (Å²) in [5, 5.41) is 0. The molecule has 2 aromatic rings. The van der Waals surface area contributed by atoms with E-state index in [2.05, 4.69) is 63.2 Å². The molecule has 0 saturated heterocycles. The summed E-state index contributed by atoms with van der Waals surface area (Å²) in [6.07, 6.45) is 1.09. The first kappa shape index (κ1) is 10.9. The second-order valence-corrected chi connectivity index (χ2v) is 4.33. The highest BCUT2D eigenvalue weighted by Crippen LogP contribution is 2.27. The first-order chi connectivity index (χ1) is 7.72. The molecule has 82 valence electrons. The molecule has 0 nitrogen and oxygen atoms in total. The van der Waals surface area contributed by atoms with E-state index >= 15 is 0 Å². The lowest BCUT2D eigenvalue weighted by Crippen LogP contribution is -1.90. The molecule has 0 aromatic heterocycles. The number of rotatable bonds is 2. The Bertz CT molecular complexity index is 495. The van der Waals surface area contributed by atoms with Crippen LogP contribution >= 0.6 is 0 Å². The van der Waals surface area contributed by atoms with Crippen LogP contribution in [0.5, 0.6) is 0 Å². The van der Waals surface area contributed by atoms with Crippen molar-refractivity contribution in [2.45, 2.75) is 27.2 Å². The lowest BCUT2D eigenvalue weighted by Gasteiger charge is -2.11. The Labute approximate surface area is 97.9 Å². The van der Waals surface area contributed by atoms with Crippen LogP contribution in [-0.2, 0) is 6.42 Å². The van der Waals surface area contributed by atoms with Crippen LogP contribution in [0.15, 0.2) is 42.5 Å². The maximum absolute atomic E-state index is 2.25. The van der Waals surface area contributed by atoms with Gasteiger partial charge in [-0.1, -0.05) is 55.0 Å². The van der Waals surface area contributed by atoms with Gasteiger partial charge in [0.25, 0.3) is 0 Å². The molecule has 0 heteroatoms. The monoisotopic (exact) mass is 210 g/mol. The molecule has 0 fully saturated rings. The first-order valence-corrected chi connectivity index (χ1v) is 5.88. The lowest BCUT2D eigenvalue weighted by atomic mass is 9.94. The van der Waals surface area contributed by atoms with Gasteiger partial charge in [0.15, 0.2) is 0 Å². The fraction of sp³-hybridized carbons (Fsp3) is 0.250. The highest BCUT2D eigenvalue weighted by Gasteiger charge is 2.05. The maximum atomic E-state index is 2.25. The molecule has 0 aliphatic heterocycles. The zero-order valence-electron chi connectivity index (χ0n) is 10.2. The molecule has 0 unspecified atom stereocenters. The van der Waals surface area contributed by atoms with Crippen LogP contribution in [0.2, 0.25) is 0 Å². The van der Waals surface area contributed by atoms with E-state index in [1.54, 1.807) is 0 Å². The summed E-state index contributed by atoms with van der Waals surface area (Å²) in [5.74, 6) is 0. The van der Waals surface area contributed by atoms with Crippen molar-refractivity contribution in [2.24, 2.45) is 0 Å². The van der Waals surface area contributed by atoms with Crippen LogP contribution in [-0.4, -0.2) is 0 Å². The molecule has 0 aliphatic rings. The second-order valence-electron chi connectivity index (χ2n) is 4.33. The van der Waals surface area contributed by atoms with Crippen molar-refractivity contribution in [3.8, 4) is 11.1 Å². The fourth-order valence-corrected chi connectivity index (χ4v) is 2.21. The predicted octanol–water partition coefficient (Wildman–Crippen LogP) is 4.53. The average molecular weight is 210 g/mol. The van der Waals surface area contributed by atoms with Crippen molar-refractivity contribution >= 4 is 0 Å². The van der Waals surface area contributed by atoms with Crippen molar-refractivity contribution in [3.05, 3.63) is 59.2 Å². The SMILES string of the molecule is CCc1ccccc1-c1ccc(C)cc1C. The fourth-order valence-electron chi connectivity index (χ4n) is 2.21. The third kappa shape index (κ3) is 2.01. The minimum absolute atomic E-state index is 1.09. The van der Waals surface area contributed by atoms with E-state index in [1.165, 1.54) is 27.8 Å². The van der Waals surface area contributed by atoms with Gasteiger partial charge in [0.2, 0.25) is 0 Å². The Kier molecular flexibility index (Phi) is 3.09.